The molecule has 1 saturated heterocycles. The summed E-state index contributed by atoms with van der Waals surface area (Å²) >= 11 is 5.81. The maximum absolute atomic E-state index is 14.2. The third-order valence-corrected chi connectivity index (χ3v) is 7.24. The van der Waals surface area contributed by atoms with E-state index < -0.39 is 4.92 Å². The van der Waals surface area contributed by atoms with Gasteiger partial charge in [0.1, 0.15) is 11.6 Å². The van der Waals surface area contributed by atoms with Crippen LogP contribution in [-0.4, -0.2) is 26.7 Å². The fourth-order valence-electron chi connectivity index (χ4n) is 5.15. The Kier molecular flexibility index (Phi) is 6.58. The zero-order chi connectivity index (χ0) is 27.1. The van der Waals surface area contributed by atoms with Crippen LogP contribution in [-0.2, 0) is 0 Å². The number of aryl methyl sites for hydroxylation is 2. The molecule has 1 aliphatic rings. The Morgan fingerprint density at radius 2 is 1.89 bits per heavy atom. The summed E-state index contributed by atoms with van der Waals surface area (Å²) in [6.07, 6.45) is 1.74. The van der Waals surface area contributed by atoms with Gasteiger partial charge in [0.05, 0.1) is 41.6 Å². The Morgan fingerprint density at radius 3 is 2.55 bits per heavy atom. The van der Waals surface area contributed by atoms with Crippen molar-refractivity contribution in [1.82, 2.24) is 14.9 Å². The van der Waals surface area contributed by atoms with E-state index in [1.165, 1.54) is 25.3 Å². The van der Waals surface area contributed by atoms with E-state index in [2.05, 4.69) is 16.4 Å². The van der Waals surface area contributed by atoms with Crippen molar-refractivity contribution in [2.75, 3.05) is 12.0 Å². The van der Waals surface area contributed by atoms with Crippen LogP contribution in [0.3, 0.4) is 0 Å². The lowest BCUT2D eigenvalue weighted by Gasteiger charge is -2.28. The normalized spacial score (nSPS) is 17.0. The van der Waals surface area contributed by atoms with Crippen LogP contribution in [0.2, 0.25) is 0 Å². The number of pyridine rings is 1. The van der Waals surface area contributed by atoms with E-state index in [4.69, 9.17) is 17.0 Å². The van der Waals surface area contributed by atoms with Gasteiger partial charge in [-0.05, 0) is 86.6 Å². The molecule has 1 N–H and O–H groups in total. The first-order valence-corrected chi connectivity index (χ1v) is 12.4. The van der Waals surface area contributed by atoms with Gasteiger partial charge in [-0.15, -0.1) is 0 Å². The van der Waals surface area contributed by atoms with E-state index in [1.54, 1.807) is 31.3 Å². The quantitative estimate of drug-likeness (QED) is 0.185. The van der Waals surface area contributed by atoms with E-state index >= 15 is 0 Å². The molecule has 3 heterocycles. The second kappa shape index (κ2) is 9.86. The van der Waals surface area contributed by atoms with E-state index in [9.17, 15) is 14.5 Å². The van der Waals surface area contributed by atoms with Crippen molar-refractivity contribution < 1.29 is 14.1 Å². The molecule has 194 valence electrons. The number of thiocarbonyl (C=S) groups is 1. The molecule has 2 atom stereocenters. The van der Waals surface area contributed by atoms with E-state index in [-0.39, 0.29) is 23.6 Å². The highest BCUT2D eigenvalue weighted by Gasteiger charge is 2.42. The van der Waals surface area contributed by atoms with Crippen molar-refractivity contribution in [1.29, 1.82) is 0 Å². The number of hydrogen-bond donors (Lipinski definition) is 1. The number of non-ortho nitro benzene ring substituents is 1. The molecule has 2 aromatic carbocycles. The molecule has 2 aromatic heterocycles. The van der Waals surface area contributed by atoms with Crippen molar-refractivity contribution in [2.45, 2.75) is 32.9 Å². The summed E-state index contributed by atoms with van der Waals surface area (Å²) in [6.45, 7) is 5.69. The van der Waals surface area contributed by atoms with Crippen molar-refractivity contribution in [2.24, 2.45) is 0 Å². The van der Waals surface area contributed by atoms with Gasteiger partial charge in [-0.25, -0.2) is 4.39 Å². The molecule has 1 fully saturated rings. The average Bonchev–Trinajstić information content (AvgIpc) is 3.40. The fourth-order valence-corrected chi connectivity index (χ4v) is 5.50. The van der Waals surface area contributed by atoms with Crippen LogP contribution >= 0.6 is 12.2 Å². The van der Waals surface area contributed by atoms with E-state index in [1.807, 2.05) is 41.5 Å². The zero-order valence-corrected chi connectivity index (χ0v) is 22.1. The smallest absolute Gasteiger partial charge is 0.273 e. The highest BCUT2D eigenvalue weighted by atomic mass is 32.1. The SMILES string of the molecule is COc1cc([N+](=O)[O-])ccc1-n1c(C)cc([C@H]2[C@@H](c3ccccn3)NC(=S)N2c2ccc(F)c(C)c2)c1C. The number of halogens is 1. The number of methoxy groups -OCH3 is 1. The molecule has 0 bridgehead atoms. The number of hydrogen-bond acceptors (Lipinski definition) is 5. The van der Waals surface area contributed by atoms with E-state index in [0.29, 0.717) is 22.1 Å². The van der Waals surface area contributed by atoms with Crippen LogP contribution in [0.4, 0.5) is 15.8 Å². The average molecular weight is 532 g/mol. The first-order chi connectivity index (χ1) is 18.2. The first-order valence-electron chi connectivity index (χ1n) is 12.0. The number of nitrogens with one attached hydrogen (secondary N) is 1. The lowest BCUT2D eigenvalue weighted by molar-refractivity contribution is -0.384. The summed E-state index contributed by atoms with van der Waals surface area (Å²) < 4.78 is 21.7. The minimum absolute atomic E-state index is 0.0494. The Hall–Kier alpha value is -4.31. The number of anilines is 1. The predicted molar refractivity (Wildman–Crippen MR) is 148 cm³/mol. The van der Waals surface area contributed by atoms with Gasteiger partial charge in [0, 0.05) is 29.3 Å². The molecule has 5 rings (SSSR count). The van der Waals surface area contributed by atoms with Gasteiger partial charge in [0.2, 0.25) is 0 Å². The van der Waals surface area contributed by atoms with Gasteiger partial charge < -0.3 is 19.5 Å². The number of nitrogens with zero attached hydrogens (tertiary/aromatic N) is 4. The Labute approximate surface area is 224 Å². The van der Waals surface area contributed by atoms with Crippen LogP contribution in [0.25, 0.3) is 5.69 Å². The minimum Gasteiger partial charge on any atom is -0.494 e. The van der Waals surface area contributed by atoms with Gasteiger partial charge in [0.25, 0.3) is 5.69 Å². The summed E-state index contributed by atoms with van der Waals surface area (Å²) in [5.41, 5.74) is 5.55. The molecule has 0 amide bonds. The Balaban J connectivity index is 1.69. The molecule has 0 spiro atoms. The summed E-state index contributed by atoms with van der Waals surface area (Å²) in [5.74, 6) is 0.105. The molecule has 38 heavy (non-hydrogen) atoms. The summed E-state index contributed by atoms with van der Waals surface area (Å²) in [6, 6.07) is 16.8. The van der Waals surface area contributed by atoms with Crippen LogP contribution in [0, 0.1) is 36.7 Å². The third kappa shape index (κ3) is 4.26. The minimum atomic E-state index is -0.446. The zero-order valence-electron chi connectivity index (χ0n) is 21.3. The molecule has 1 aliphatic heterocycles. The highest BCUT2D eigenvalue weighted by molar-refractivity contribution is 7.80. The largest absolute Gasteiger partial charge is 0.494 e. The van der Waals surface area contributed by atoms with Gasteiger partial charge >= 0.3 is 0 Å². The number of ether oxygens (including phenoxy) is 1. The molecule has 4 aromatic rings. The standard InChI is InChI=1S/C28H26FN5O3S/c1-16-13-19(8-10-22(16)29)33-27(26(31-28(33)38)23-7-5-6-12-30-23)21-14-17(2)32(18(21)3)24-11-9-20(34(35)36)15-25(24)37-4/h5-15,26-27H,1-4H3,(H,31,38)/t26-,27+/m1/s1. The number of nitro benzene ring substituents is 1. The number of aromatic nitrogens is 2. The first kappa shape index (κ1) is 25.3. The topological polar surface area (TPSA) is 85.5 Å². The molecule has 0 saturated carbocycles. The van der Waals surface area contributed by atoms with Crippen LogP contribution < -0.4 is 15.0 Å². The van der Waals surface area contributed by atoms with Crippen molar-refractivity contribution >= 4 is 28.7 Å². The number of rotatable bonds is 6. The molecule has 0 radical (unpaired) electrons. The predicted octanol–water partition coefficient (Wildman–Crippen LogP) is 6.03. The van der Waals surface area contributed by atoms with Gasteiger partial charge in [-0.3, -0.25) is 15.1 Å². The van der Waals surface area contributed by atoms with Gasteiger partial charge in [-0.2, -0.15) is 0 Å². The second-order valence-electron chi connectivity index (χ2n) is 9.21. The monoisotopic (exact) mass is 531 g/mol. The van der Waals surface area contributed by atoms with Gasteiger partial charge in [-0.1, -0.05) is 6.07 Å². The van der Waals surface area contributed by atoms with Crippen LogP contribution in [0.15, 0.2) is 66.9 Å². The summed E-state index contributed by atoms with van der Waals surface area (Å²) in [4.78, 5) is 17.5. The molecule has 8 nitrogen and oxygen atoms in total. The number of benzene rings is 2. The summed E-state index contributed by atoms with van der Waals surface area (Å²) in [5, 5.41) is 15.3. The maximum Gasteiger partial charge on any atom is 0.273 e. The maximum atomic E-state index is 14.2. The second-order valence-corrected chi connectivity index (χ2v) is 9.59. The fraction of sp³-hybridized carbons (Fsp3) is 0.214. The Bertz CT molecular complexity index is 1560. The Morgan fingerprint density at radius 1 is 1.11 bits per heavy atom. The van der Waals surface area contributed by atoms with Crippen molar-refractivity contribution in [3.8, 4) is 11.4 Å². The van der Waals surface area contributed by atoms with Crippen molar-refractivity contribution in [3.63, 3.8) is 0 Å². The lowest BCUT2D eigenvalue weighted by atomic mass is 9.96. The van der Waals surface area contributed by atoms with E-state index in [0.717, 1.165) is 28.3 Å². The highest BCUT2D eigenvalue weighted by Crippen LogP contribution is 2.44. The van der Waals surface area contributed by atoms with Crippen LogP contribution in [0.5, 0.6) is 5.75 Å². The number of nitro groups is 1. The molecule has 0 unspecified atom stereocenters. The van der Waals surface area contributed by atoms with Crippen molar-refractivity contribution in [3.05, 3.63) is 111 Å². The van der Waals surface area contributed by atoms with Crippen LogP contribution in [0.1, 0.15) is 40.3 Å². The molecular formula is C28H26FN5O3S. The van der Waals surface area contributed by atoms with Gasteiger partial charge in [0.15, 0.2) is 5.11 Å². The lowest BCUT2D eigenvalue weighted by Crippen LogP contribution is -2.29. The summed E-state index contributed by atoms with van der Waals surface area (Å²) in [7, 11) is 1.49. The third-order valence-electron chi connectivity index (χ3n) is 6.92. The molecule has 10 heteroatoms. The molecule has 0 aliphatic carbocycles. The molecular weight excluding hydrogens is 505 g/mol.